The Morgan fingerprint density at radius 3 is 2.29 bits per heavy atom. The standard InChI is InChI=1S/C15H23NO/c1-5-14(17)13(16-15(2,3)4)11-12-9-7-6-8-10-12/h6-10,13,16H,5,11H2,1-4H3. The molecule has 0 fully saturated rings. The molecule has 0 aliphatic carbocycles. The zero-order chi connectivity index (χ0) is 12.9. The normalized spacial score (nSPS) is 13.4. The van der Waals surface area contributed by atoms with Crippen molar-refractivity contribution >= 4 is 5.78 Å². The van der Waals surface area contributed by atoms with Gasteiger partial charge in [-0.05, 0) is 32.8 Å². The Morgan fingerprint density at radius 2 is 1.82 bits per heavy atom. The van der Waals surface area contributed by atoms with E-state index in [1.54, 1.807) is 0 Å². The van der Waals surface area contributed by atoms with E-state index in [-0.39, 0.29) is 17.4 Å². The fourth-order valence-electron chi connectivity index (χ4n) is 1.86. The van der Waals surface area contributed by atoms with Crippen LogP contribution in [0.3, 0.4) is 0 Å². The lowest BCUT2D eigenvalue weighted by atomic mass is 9.97. The number of benzene rings is 1. The highest BCUT2D eigenvalue weighted by Crippen LogP contribution is 2.09. The van der Waals surface area contributed by atoms with E-state index >= 15 is 0 Å². The van der Waals surface area contributed by atoms with Crippen molar-refractivity contribution < 1.29 is 4.79 Å². The Hall–Kier alpha value is -1.15. The topological polar surface area (TPSA) is 29.1 Å². The van der Waals surface area contributed by atoms with Crippen LogP contribution in [0.1, 0.15) is 39.7 Å². The average Bonchev–Trinajstić information content (AvgIpc) is 2.27. The molecule has 94 valence electrons. The summed E-state index contributed by atoms with van der Waals surface area (Å²) in [6.45, 7) is 8.19. The van der Waals surface area contributed by atoms with Crippen LogP contribution < -0.4 is 5.32 Å². The van der Waals surface area contributed by atoms with Crippen LogP contribution in [0.15, 0.2) is 30.3 Å². The first-order chi connectivity index (χ1) is 7.92. The first-order valence-electron chi connectivity index (χ1n) is 6.26. The van der Waals surface area contributed by atoms with E-state index in [4.69, 9.17) is 0 Å². The number of Topliss-reactive ketones (excluding diaryl/α,β-unsaturated/α-hetero) is 1. The Labute approximate surface area is 104 Å². The predicted molar refractivity (Wildman–Crippen MR) is 72.1 cm³/mol. The van der Waals surface area contributed by atoms with Crippen molar-refractivity contribution in [1.82, 2.24) is 5.32 Å². The van der Waals surface area contributed by atoms with Crippen molar-refractivity contribution in [1.29, 1.82) is 0 Å². The van der Waals surface area contributed by atoms with Crippen LogP contribution in [0.2, 0.25) is 0 Å². The van der Waals surface area contributed by atoms with Gasteiger partial charge in [-0.25, -0.2) is 0 Å². The summed E-state index contributed by atoms with van der Waals surface area (Å²) in [5.74, 6) is 0.281. The van der Waals surface area contributed by atoms with Gasteiger partial charge in [-0.15, -0.1) is 0 Å². The lowest BCUT2D eigenvalue weighted by Crippen LogP contribution is -2.48. The van der Waals surface area contributed by atoms with E-state index in [0.29, 0.717) is 6.42 Å². The van der Waals surface area contributed by atoms with Gasteiger partial charge < -0.3 is 5.32 Å². The highest BCUT2D eigenvalue weighted by molar-refractivity contribution is 5.84. The van der Waals surface area contributed by atoms with Gasteiger partial charge in [-0.2, -0.15) is 0 Å². The predicted octanol–water partition coefficient (Wildman–Crippen LogP) is 2.96. The Bertz CT molecular complexity index is 351. The smallest absolute Gasteiger partial charge is 0.149 e. The van der Waals surface area contributed by atoms with Crippen LogP contribution >= 0.6 is 0 Å². The zero-order valence-corrected chi connectivity index (χ0v) is 11.3. The summed E-state index contributed by atoms with van der Waals surface area (Å²) in [6.07, 6.45) is 1.35. The molecule has 0 aliphatic rings. The lowest BCUT2D eigenvalue weighted by Gasteiger charge is -2.27. The molecule has 0 bridgehead atoms. The summed E-state index contributed by atoms with van der Waals surface area (Å²) >= 11 is 0. The number of nitrogens with one attached hydrogen (secondary N) is 1. The second-order valence-corrected chi connectivity index (χ2v) is 5.46. The summed E-state index contributed by atoms with van der Waals surface area (Å²) in [4.78, 5) is 11.9. The molecule has 0 aromatic heterocycles. The van der Waals surface area contributed by atoms with Crippen molar-refractivity contribution in [2.75, 3.05) is 0 Å². The third kappa shape index (κ3) is 5.14. The minimum Gasteiger partial charge on any atom is -0.302 e. The fraction of sp³-hybridized carbons (Fsp3) is 0.533. The molecule has 2 heteroatoms. The molecular formula is C15H23NO. The van der Waals surface area contributed by atoms with Gasteiger partial charge in [-0.3, -0.25) is 4.79 Å². The first-order valence-corrected chi connectivity index (χ1v) is 6.26. The second kappa shape index (κ2) is 5.97. The highest BCUT2D eigenvalue weighted by Gasteiger charge is 2.22. The molecule has 0 saturated heterocycles. The van der Waals surface area contributed by atoms with Crippen molar-refractivity contribution in [3.8, 4) is 0 Å². The SMILES string of the molecule is CCC(=O)C(Cc1ccccc1)NC(C)(C)C. The molecule has 1 aromatic rings. The van der Waals surface area contributed by atoms with E-state index in [9.17, 15) is 4.79 Å². The number of hydrogen-bond donors (Lipinski definition) is 1. The van der Waals surface area contributed by atoms with E-state index in [2.05, 4.69) is 38.2 Å². The molecular weight excluding hydrogens is 210 g/mol. The molecule has 2 nitrogen and oxygen atoms in total. The van der Waals surface area contributed by atoms with Gasteiger partial charge in [0.1, 0.15) is 5.78 Å². The molecule has 1 atom stereocenters. The van der Waals surface area contributed by atoms with Gasteiger partial charge in [-0.1, -0.05) is 37.3 Å². The van der Waals surface area contributed by atoms with Crippen molar-refractivity contribution in [2.24, 2.45) is 0 Å². The first kappa shape index (κ1) is 13.9. The van der Waals surface area contributed by atoms with Gasteiger partial charge in [0.2, 0.25) is 0 Å². The quantitative estimate of drug-likeness (QED) is 0.847. The van der Waals surface area contributed by atoms with Crippen molar-refractivity contribution in [3.63, 3.8) is 0 Å². The molecule has 1 rings (SSSR count). The number of hydrogen-bond acceptors (Lipinski definition) is 2. The molecule has 1 unspecified atom stereocenters. The van der Waals surface area contributed by atoms with Gasteiger partial charge in [0, 0.05) is 12.0 Å². The van der Waals surface area contributed by atoms with Crippen LogP contribution in [0.5, 0.6) is 0 Å². The monoisotopic (exact) mass is 233 g/mol. The van der Waals surface area contributed by atoms with E-state index in [1.165, 1.54) is 5.56 Å². The van der Waals surface area contributed by atoms with Crippen LogP contribution in [-0.4, -0.2) is 17.4 Å². The molecule has 0 aliphatic heterocycles. The molecule has 0 saturated carbocycles. The fourth-order valence-corrected chi connectivity index (χ4v) is 1.86. The van der Waals surface area contributed by atoms with Crippen molar-refractivity contribution in [2.45, 2.75) is 52.1 Å². The lowest BCUT2D eigenvalue weighted by molar-refractivity contribution is -0.121. The van der Waals surface area contributed by atoms with Crippen LogP contribution in [0, 0.1) is 0 Å². The minimum atomic E-state index is -0.0811. The summed E-state index contributed by atoms with van der Waals surface area (Å²) in [5.41, 5.74) is 1.17. The van der Waals surface area contributed by atoms with Crippen LogP contribution in [0.4, 0.5) is 0 Å². The number of ketones is 1. The number of carbonyl (C=O) groups is 1. The van der Waals surface area contributed by atoms with Gasteiger partial charge >= 0.3 is 0 Å². The Kier molecular flexibility index (Phi) is 4.88. The van der Waals surface area contributed by atoms with Gasteiger partial charge in [0.05, 0.1) is 6.04 Å². The third-order valence-electron chi connectivity index (χ3n) is 2.63. The summed E-state index contributed by atoms with van der Waals surface area (Å²) in [5, 5.41) is 3.41. The molecule has 0 spiro atoms. The second-order valence-electron chi connectivity index (χ2n) is 5.46. The average molecular weight is 233 g/mol. The van der Waals surface area contributed by atoms with Crippen LogP contribution in [-0.2, 0) is 11.2 Å². The summed E-state index contributed by atoms with van der Waals surface area (Å²) in [6, 6.07) is 10.1. The Balaban J connectivity index is 2.74. The summed E-state index contributed by atoms with van der Waals surface area (Å²) < 4.78 is 0. The van der Waals surface area contributed by atoms with E-state index < -0.39 is 0 Å². The van der Waals surface area contributed by atoms with Crippen LogP contribution in [0.25, 0.3) is 0 Å². The Morgan fingerprint density at radius 1 is 1.24 bits per heavy atom. The largest absolute Gasteiger partial charge is 0.302 e. The maximum absolute atomic E-state index is 11.9. The van der Waals surface area contributed by atoms with Gasteiger partial charge in [0.15, 0.2) is 0 Å². The molecule has 1 aromatic carbocycles. The van der Waals surface area contributed by atoms with Gasteiger partial charge in [0.25, 0.3) is 0 Å². The number of carbonyl (C=O) groups excluding carboxylic acids is 1. The van der Waals surface area contributed by atoms with Crippen molar-refractivity contribution in [3.05, 3.63) is 35.9 Å². The third-order valence-corrected chi connectivity index (χ3v) is 2.63. The molecule has 0 heterocycles. The molecule has 0 amide bonds. The number of rotatable bonds is 5. The molecule has 17 heavy (non-hydrogen) atoms. The maximum atomic E-state index is 11.9. The highest BCUT2D eigenvalue weighted by atomic mass is 16.1. The summed E-state index contributed by atoms with van der Waals surface area (Å²) in [7, 11) is 0. The van der Waals surface area contributed by atoms with E-state index in [0.717, 1.165) is 6.42 Å². The zero-order valence-electron chi connectivity index (χ0n) is 11.3. The van der Waals surface area contributed by atoms with E-state index in [1.807, 2.05) is 25.1 Å². The maximum Gasteiger partial charge on any atom is 0.149 e. The molecule has 0 radical (unpaired) electrons. The minimum absolute atomic E-state index is 0.0374. The molecule has 1 N–H and O–H groups in total.